The van der Waals surface area contributed by atoms with E-state index < -0.39 is 0 Å². The van der Waals surface area contributed by atoms with E-state index >= 15 is 0 Å². The number of hydrogen-bond donors (Lipinski definition) is 1. The third-order valence-corrected chi connectivity index (χ3v) is 6.10. The van der Waals surface area contributed by atoms with Gasteiger partial charge >= 0.3 is 11.0 Å². The van der Waals surface area contributed by atoms with Crippen LogP contribution in [-0.4, -0.2) is 27.2 Å². The first-order valence-electron chi connectivity index (χ1n) is 10.1. The van der Waals surface area contributed by atoms with Crippen LogP contribution in [0.4, 0.5) is 5.13 Å². The lowest BCUT2D eigenvalue weighted by Gasteiger charge is -2.15. The molecule has 3 rings (SSSR count). The average molecular weight is 442 g/mol. The second kappa shape index (κ2) is 10.3. The Morgan fingerprint density at radius 2 is 1.84 bits per heavy atom. The van der Waals surface area contributed by atoms with Crippen LogP contribution in [0.25, 0.3) is 0 Å². The van der Waals surface area contributed by atoms with E-state index in [4.69, 9.17) is 14.2 Å². The number of hydrogen-bond acceptors (Lipinski definition) is 5. The Bertz CT molecular complexity index is 1060. The monoisotopic (exact) mass is 441 g/mol. The normalized spacial score (nSPS) is 10.6. The summed E-state index contributed by atoms with van der Waals surface area (Å²) in [4.78, 5) is 13.6. The van der Waals surface area contributed by atoms with Gasteiger partial charge in [0.1, 0.15) is 6.20 Å². The second-order valence-corrected chi connectivity index (χ2v) is 8.44. The molecule has 0 aliphatic heterocycles. The smallest absolute Gasteiger partial charge is 0.341 e. The fourth-order valence-electron chi connectivity index (χ4n) is 3.49. The molecule has 0 unspecified atom stereocenters. The van der Waals surface area contributed by atoms with Gasteiger partial charge in [0, 0.05) is 12.0 Å². The Morgan fingerprint density at radius 1 is 1.06 bits per heavy atom. The van der Waals surface area contributed by atoms with E-state index in [0.717, 1.165) is 22.0 Å². The summed E-state index contributed by atoms with van der Waals surface area (Å²) in [5.74, 6) is 1.87. The van der Waals surface area contributed by atoms with Crippen molar-refractivity contribution in [2.75, 3.05) is 26.6 Å². The molecule has 0 aliphatic carbocycles. The first-order chi connectivity index (χ1) is 14.9. The van der Waals surface area contributed by atoms with Crippen LogP contribution in [0, 0.1) is 6.92 Å². The average Bonchev–Trinajstić information content (AvgIpc) is 3.10. The SMILES string of the molecule is COc1ccc(Cc2c[n+](C)c(NC(=O)CCc3cccc(C)c3)s2)c(OC)c1OC. The summed E-state index contributed by atoms with van der Waals surface area (Å²) in [5, 5.41) is 3.85. The number of thiazole rings is 1. The van der Waals surface area contributed by atoms with Crippen molar-refractivity contribution in [3.8, 4) is 17.2 Å². The zero-order valence-corrected chi connectivity index (χ0v) is 19.5. The lowest BCUT2D eigenvalue weighted by atomic mass is 10.1. The maximum absolute atomic E-state index is 12.5. The van der Waals surface area contributed by atoms with Gasteiger partial charge in [0.2, 0.25) is 5.75 Å². The first kappa shape index (κ1) is 22.6. The summed E-state index contributed by atoms with van der Waals surface area (Å²) in [7, 11) is 6.75. The lowest BCUT2D eigenvalue weighted by molar-refractivity contribution is -0.652. The summed E-state index contributed by atoms with van der Waals surface area (Å²) in [6, 6.07) is 12.1. The van der Waals surface area contributed by atoms with Crippen molar-refractivity contribution in [2.45, 2.75) is 26.2 Å². The number of aromatic nitrogens is 1. The fraction of sp³-hybridized carbons (Fsp3) is 0.333. The van der Waals surface area contributed by atoms with E-state index in [1.807, 2.05) is 36.0 Å². The molecule has 0 radical (unpaired) electrons. The molecule has 7 heteroatoms. The van der Waals surface area contributed by atoms with Crippen LogP contribution in [0.5, 0.6) is 17.2 Å². The Morgan fingerprint density at radius 3 is 2.52 bits per heavy atom. The molecule has 31 heavy (non-hydrogen) atoms. The number of nitrogens with zero attached hydrogens (tertiary/aromatic N) is 1. The van der Waals surface area contributed by atoms with Crippen LogP contribution in [0.2, 0.25) is 0 Å². The molecule has 6 nitrogen and oxygen atoms in total. The highest BCUT2D eigenvalue weighted by atomic mass is 32.1. The fourth-order valence-corrected chi connectivity index (χ4v) is 4.54. The van der Waals surface area contributed by atoms with E-state index in [9.17, 15) is 4.79 Å². The van der Waals surface area contributed by atoms with Gasteiger partial charge in [-0.3, -0.25) is 0 Å². The predicted molar refractivity (Wildman–Crippen MR) is 123 cm³/mol. The van der Waals surface area contributed by atoms with Gasteiger partial charge in [0.05, 0.1) is 39.7 Å². The van der Waals surface area contributed by atoms with Gasteiger partial charge in [-0.15, -0.1) is 0 Å². The van der Waals surface area contributed by atoms with Crippen molar-refractivity contribution in [3.63, 3.8) is 0 Å². The molecule has 0 bridgehead atoms. The van der Waals surface area contributed by atoms with Crippen molar-refractivity contribution in [1.82, 2.24) is 0 Å². The van der Waals surface area contributed by atoms with E-state index in [0.29, 0.717) is 30.1 Å². The highest BCUT2D eigenvalue weighted by molar-refractivity contribution is 7.15. The number of ether oxygens (including phenoxy) is 3. The van der Waals surface area contributed by atoms with Crippen LogP contribution >= 0.6 is 11.3 Å². The first-order valence-corrected chi connectivity index (χ1v) is 10.9. The number of amides is 1. The van der Waals surface area contributed by atoms with Gasteiger partial charge in [0.15, 0.2) is 11.5 Å². The molecule has 1 aromatic heterocycles. The molecule has 0 saturated heterocycles. The van der Waals surface area contributed by atoms with Gasteiger partial charge in [0.25, 0.3) is 0 Å². The predicted octanol–water partition coefficient (Wildman–Crippen LogP) is 4.07. The summed E-state index contributed by atoms with van der Waals surface area (Å²) in [6.07, 6.45) is 3.84. The zero-order valence-electron chi connectivity index (χ0n) is 18.7. The topological polar surface area (TPSA) is 60.7 Å². The molecule has 0 spiro atoms. The van der Waals surface area contributed by atoms with Gasteiger partial charge in [-0.1, -0.05) is 47.2 Å². The van der Waals surface area contributed by atoms with Crippen LogP contribution < -0.4 is 24.1 Å². The molecule has 2 aromatic carbocycles. The van der Waals surface area contributed by atoms with Crippen LogP contribution in [0.3, 0.4) is 0 Å². The minimum Gasteiger partial charge on any atom is -0.493 e. The molecule has 0 aliphatic rings. The molecular formula is C24H29N2O4S+. The van der Waals surface area contributed by atoms with Crippen molar-refractivity contribution in [1.29, 1.82) is 0 Å². The molecule has 0 atom stereocenters. The summed E-state index contributed by atoms with van der Waals surface area (Å²) in [6.45, 7) is 2.06. The number of benzene rings is 2. The number of carbonyl (C=O) groups excluding carboxylic acids is 1. The Labute approximate surface area is 187 Å². The van der Waals surface area contributed by atoms with Gasteiger partial charge in [-0.25, -0.2) is 14.7 Å². The number of methoxy groups -OCH3 is 3. The molecule has 164 valence electrons. The summed E-state index contributed by atoms with van der Waals surface area (Å²) < 4.78 is 18.4. The quantitative estimate of drug-likeness (QED) is 0.509. The van der Waals surface area contributed by atoms with Crippen molar-refractivity contribution < 1.29 is 23.6 Å². The van der Waals surface area contributed by atoms with E-state index in [1.165, 1.54) is 11.1 Å². The highest BCUT2D eigenvalue weighted by Gasteiger charge is 2.20. The largest absolute Gasteiger partial charge is 0.493 e. The molecule has 3 aromatic rings. The van der Waals surface area contributed by atoms with Crippen molar-refractivity contribution in [3.05, 3.63) is 64.2 Å². The molecule has 1 amide bonds. The second-order valence-electron chi connectivity index (χ2n) is 7.32. The minimum absolute atomic E-state index is 0.00852. The third-order valence-electron chi connectivity index (χ3n) is 5.01. The Kier molecular flexibility index (Phi) is 7.52. The summed E-state index contributed by atoms with van der Waals surface area (Å²) >= 11 is 1.55. The number of rotatable bonds is 9. The number of aryl methyl sites for hydroxylation is 3. The number of nitrogens with one attached hydrogen (secondary N) is 1. The molecule has 1 heterocycles. The Hall–Kier alpha value is -3.06. The summed E-state index contributed by atoms with van der Waals surface area (Å²) in [5.41, 5.74) is 3.36. The zero-order chi connectivity index (χ0) is 22.4. The maximum atomic E-state index is 12.5. The van der Waals surface area contributed by atoms with Crippen LogP contribution in [0.15, 0.2) is 42.6 Å². The highest BCUT2D eigenvalue weighted by Crippen LogP contribution is 2.40. The standard InChI is InChI=1S/C24H28N2O4S/c1-16-7-6-8-17(13-16)9-12-21(27)25-24-26(2)15-19(31-24)14-18-10-11-20(28-3)23(30-5)22(18)29-4/h6-8,10-11,13,15H,9,12,14H2,1-5H3/p+1. The third kappa shape index (κ3) is 5.55. The minimum atomic E-state index is 0.00852. The van der Waals surface area contributed by atoms with Gasteiger partial charge in [-0.05, 0) is 25.0 Å². The van der Waals surface area contributed by atoms with Crippen LogP contribution in [-0.2, 0) is 24.7 Å². The van der Waals surface area contributed by atoms with Crippen molar-refractivity contribution >= 4 is 22.4 Å². The number of anilines is 1. The van der Waals surface area contributed by atoms with Gasteiger partial charge < -0.3 is 14.2 Å². The molecule has 0 fully saturated rings. The van der Waals surface area contributed by atoms with E-state index in [-0.39, 0.29) is 5.91 Å². The lowest BCUT2D eigenvalue weighted by Crippen LogP contribution is -2.30. The number of carbonyl (C=O) groups is 1. The van der Waals surface area contributed by atoms with E-state index in [1.54, 1.807) is 32.7 Å². The van der Waals surface area contributed by atoms with Gasteiger partial charge in [-0.2, -0.15) is 0 Å². The molecule has 0 saturated carbocycles. The molecule has 1 N–H and O–H groups in total. The maximum Gasteiger partial charge on any atom is 0.341 e. The Balaban J connectivity index is 1.69. The van der Waals surface area contributed by atoms with Crippen molar-refractivity contribution in [2.24, 2.45) is 7.05 Å². The van der Waals surface area contributed by atoms with Crippen LogP contribution in [0.1, 0.15) is 28.0 Å². The van der Waals surface area contributed by atoms with E-state index in [2.05, 4.69) is 30.4 Å². The molecular weight excluding hydrogens is 412 g/mol.